The fraction of sp³-hybridized carbons (Fsp3) is 0.391. The van der Waals surface area contributed by atoms with Gasteiger partial charge in [0.05, 0.1) is 24.9 Å². The number of nitrogens with zero attached hydrogens (tertiary/aromatic N) is 1. The molecule has 0 fully saturated rings. The lowest BCUT2D eigenvalue weighted by Gasteiger charge is -2.26. The molecule has 1 aromatic heterocycles. The van der Waals surface area contributed by atoms with Gasteiger partial charge in [0.25, 0.3) is 0 Å². The number of amides is 4. The van der Waals surface area contributed by atoms with Gasteiger partial charge in [-0.3, -0.25) is 19.2 Å². The van der Waals surface area contributed by atoms with E-state index in [1.54, 1.807) is 0 Å². The Labute approximate surface area is 217 Å². The van der Waals surface area contributed by atoms with Gasteiger partial charge in [0, 0.05) is 24.7 Å². The van der Waals surface area contributed by atoms with Crippen LogP contribution in [0.25, 0.3) is 0 Å². The number of aromatic hydroxyl groups is 1. The summed E-state index contributed by atoms with van der Waals surface area (Å²) in [6.07, 6.45) is 0.560. The minimum absolute atomic E-state index is 0.0338. The minimum Gasteiger partial charge on any atom is -0.508 e. The summed E-state index contributed by atoms with van der Waals surface area (Å²) in [5.74, 6) is -4.98. The lowest BCUT2D eigenvalue weighted by molar-refractivity contribution is -0.142. The average molecular weight is 534 g/mol. The molecule has 11 N–H and O–H groups in total. The molecule has 5 unspecified atom stereocenters. The molecular formula is C23H31N7O8. The van der Waals surface area contributed by atoms with E-state index in [1.165, 1.54) is 43.7 Å². The molecular weight excluding hydrogens is 502 g/mol. The van der Waals surface area contributed by atoms with Crippen molar-refractivity contribution >= 4 is 29.6 Å². The Kier molecular flexibility index (Phi) is 10.7. The summed E-state index contributed by atoms with van der Waals surface area (Å²) >= 11 is 0. The van der Waals surface area contributed by atoms with E-state index in [4.69, 9.17) is 11.5 Å². The first-order valence-electron chi connectivity index (χ1n) is 11.5. The summed E-state index contributed by atoms with van der Waals surface area (Å²) in [4.78, 5) is 67.9. The van der Waals surface area contributed by atoms with Crippen LogP contribution in [-0.2, 0) is 36.8 Å². The second-order valence-electron chi connectivity index (χ2n) is 8.62. The van der Waals surface area contributed by atoms with Crippen molar-refractivity contribution in [1.82, 2.24) is 25.9 Å². The highest BCUT2D eigenvalue weighted by atomic mass is 16.4. The number of hydrogen-bond donors (Lipinski definition) is 9. The van der Waals surface area contributed by atoms with Gasteiger partial charge in [-0.2, -0.15) is 0 Å². The van der Waals surface area contributed by atoms with E-state index < -0.39 is 66.3 Å². The summed E-state index contributed by atoms with van der Waals surface area (Å²) in [6.45, 7) is 1.21. The highest BCUT2D eigenvalue weighted by Gasteiger charge is 2.33. The Morgan fingerprint density at radius 2 is 1.61 bits per heavy atom. The van der Waals surface area contributed by atoms with Crippen LogP contribution >= 0.6 is 0 Å². The number of rotatable bonds is 14. The third kappa shape index (κ3) is 9.18. The van der Waals surface area contributed by atoms with Crippen LogP contribution in [0.4, 0.5) is 0 Å². The molecule has 0 aliphatic heterocycles. The van der Waals surface area contributed by atoms with Crippen molar-refractivity contribution in [1.29, 1.82) is 0 Å². The molecule has 0 aliphatic carbocycles. The predicted octanol–water partition coefficient (Wildman–Crippen LogP) is -2.98. The van der Waals surface area contributed by atoms with E-state index in [-0.39, 0.29) is 18.6 Å². The third-order valence-corrected chi connectivity index (χ3v) is 5.42. The molecule has 38 heavy (non-hydrogen) atoms. The maximum Gasteiger partial charge on any atom is 0.326 e. The van der Waals surface area contributed by atoms with E-state index >= 15 is 0 Å². The summed E-state index contributed by atoms with van der Waals surface area (Å²) in [6, 6.07) is 0.0464. The maximum atomic E-state index is 13.2. The zero-order valence-corrected chi connectivity index (χ0v) is 20.5. The molecule has 0 spiro atoms. The number of nitrogens with one attached hydrogen (secondary N) is 4. The standard InChI is InChI=1S/C23H31N7O8/c1-11(31)19(30-20(34)15(24)8-18(25)33)22(36)28-16(6-12-2-4-14(32)5-3-12)21(35)29-17(23(37)38)7-13-9-26-10-27-13/h2-5,9-11,15-17,19,31-32H,6-8,24H2,1H3,(H2,25,33)(H,26,27)(H,28,36)(H,29,35)(H,30,34)(H,37,38). The van der Waals surface area contributed by atoms with Crippen LogP contribution in [0.2, 0.25) is 0 Å². The second-order valence-corrected chi connectivity index (χ2v) is 8.62. The number of aliphatic hydroxyl groups excluding tert-OH is 1. The normalized spacial score (nSPS) is 14.8. The Bertz CT molecular complexity index is 1120. The van der Waals surface area contributed by atoms with Gasteiger partial charge in [-0.15, -0.1) is 0 Å². The van der Waals surface area contributed by atoms with E-state index in [0.717, 1.165) is 0 Å². The topological polar surface area (TPSA) is 263 Å². The average Bonchev–Trinajstić information content (AvgIpc) is 3.35. The van der Waals surface area contributed by atoms with Crippen molar-refractivity contribution in [2.75, 3.05) is 0 Å². The highest BCUT2D eigenvalue weighted by molar-refractivity contribution is 5.95. The Morgan fingerprint density at radius 1 is 0.974 bits per heavy atom. The minimum atomic E-state index is -1.57. The zero-order valence-electron chi connectivity index (χ0n) is 20.5. The number of aliphatic hydroxyl groups is 1. The number of aliphatic carboxylic acids is 1. The molecule has 2 rings (SSSR count). The van der Waals surface area contributed by atoms with Gasteiger partial charge in [0.2, 0.25) is 23.6 Å². The number of imidazole rings is 1. The Balaban J connectivity index is 2.24. The third-order valence-electron chi connectivity index (χ3n) is 5.42. The van der Waals surface area contributed by atoms with Gasteiger partial charge in [0.1, 0.15) is 23.9 Å². The number of primary amides is 1. The van der Waals surface area contributed by atoms with E-state index in [1.807, 2.05) is 0 Å². The van der Waals surface area contributed by atoms with Crippen LogP contribution < -0.4 is 27.4 Å². The molecule has 1 aromatic carbocycles. The lowest BCUT2D eigenvalue weighted by atomic mass is 10.0. The van der Waals surface area contributed by atoms with Gasteiger partial charge < -0.3 is 47.7 Å². The summed E-state index contributed by atoms with van der Waals surface area (Å²) in [5, 5.41) is 36.2. The smallest absolute Gasteiger partial charge is 0.326 e. The molecule has 5 atom stereocenters. The van der Waals surface area contributed by atoms with E-state index in [0.29, 0.717) is 11.3 Å². The molecule has 0 bridgehead atoms. The van der Waals surface area contributed by atoms with Crippen LogP contribution in [0.1, 0.15) is 24.6 Å². The van der Waals surface area contributed by atoms with E-state index in [9.17, 15) is 39.3 Å². The predicted molar refractivity (Wildman–Crippen MR) is 131 cm³/mol. The number of phenols is 1. The molecule has 206 valence electrons. The van der Waals surface area contributed by atoms with Gasteiger partial charge >= 0.3 is 5.97 Å². The zero-order chi connectivity index (χ0) is 28.4. The van der Waals surface area contributed by atoms with Crippen molar-refractivity contribution in [2.45, 2.75) is 56.5 Å². The van der Waals surface area contributed by atoms with Crippen LogP contribution in [-0.4, -0.2) is 85.2 Å². The van der Waals surface area contributed by atoms with Crippen molar-refractivity contribution in [3.05, 3.63) is 48.0 Å². The maximum absolute atomic E-state index is 13.2. The molecule has 0 aliphatic rings. The number of aromatic nitrogens is 2. The molecule has 15 nitrogen and oxygen atoms in total. The van der Waals surface area contributed by atoms with Crippen LogP contribution in [0.3, 0.4) is 0 Å². The number of phenolic OH excluding ortho intramolecular Hbond substituents is 1. The SMILES string of the molecule is CC(O)C(NC(=O)C(N)CC(N)=O)C(=O)NC(Cc1ccc(O)cc1)C(=O)NC(Cc1cnc[nH]1)C(=O)O. The first-order chi connectivity index (χ1) is 17.9. The number of carboxylic acids is 1. The molecule has 2 aromatic rings. The first-order valence-corrected chi connectivity index (χ1v) is 11.5. The van der Waals surface area contributed by atoms with Crippen LogP contribution in [0.5, 0.6) is 5.75 Å². The first kappa shape index (κ1) is 29.7. The highest BCUT2D eigenvalue weighted by Crippen LogP contribution is 2.12. The molecule has 0 saturated heterocycles. The van der Waals surface area contributed by atoms with Crippen molar-refractivity contribution in [3.63, 3.8) is 0 Å². The Morgan fingerprint density at radius 3 is 2.13 bits per heavy atom. The van der Waals surface area contributed by atoms with Crippen molar-refractivity contribution in [3.8, 4) is 5.75 Å². The molecule has 0 radical (unpaired) electrons. The summed E-state index contributed by atoms with van der Waals surface area (Å²) in [7, 11) is 0. The second kappa shape index (κ2) is 13.7. The van der Waals surface area contributed by atoms with E-state index in [2.05, 4.69) is 25.9 Å². The number of aromatic amines is 1. The fourth-order valence-corrected chi connectivity index (χ4v) is 3.40. The van der Waals surface area contributed by atoms with Gasteiger partial charge in [-0.1, -0.05) is 12.1 Å². The van der Waals surface area contributed by atoms with Crippen LogP contribution in [0, 0.1) is 0 Å². The summed E-state index contributed by atoms with van der Waals surface area (Å²) in [5.41, 5.74) is 11.6. The van der Waals surface area contributed by atoms with Gasteiger partial charge in [0.15, 0.2) is 0 Å². The van der Waals surface area contributed by atoms with Gasteiger partial charge in [-0.05, 0) is 24.6 Å². The Hall–Kier alpha value is -4.50. The number of benzene rings is 1. The largest absolute Gasteiger partial charge is 0.508 e. The van der Waals surface area contributed by atoms with Crippen molar-refractivity contribution in [2.24, 2.45) is 11.5 Å². The van der Waals surface area contributed by atoms with Crippen LogP contribution in [0.15, 0.2) is 36.8 Å². The monoisotopic (exact) mass is 533 g/mol. The molecule has 15 heteroatoms. The number of carbonyl (C=O) groups excluding carboxylic acids is 4. The number of H-pyrrole nitrogens is 1. The number of nitrogens with two attached hydrogens (primary N) is 2. The quantitative estimate of drug-likeness (QED) is 0.119. The number of hydrogen-bond acceptors (Lipinski definition) is 9. The molecule has 1 heterocycles. The number of carbonyl (C=O) groups is 5. The lowest BCUT2D eigenvalue weighted by Crippen LogP contribution is -2.60. The van der Waals surface area contributed by atoms with Crippen molar-refractivity contribution < 1.29 is 39.3 Å². The summed E-state index contributed by atoms with van der Waals surface area (Å²) < 4.78 is 0. The number of carboxylic acid groups (broad SMARTS) is 1. The molecule has 4 amide bonds. The fourth-order valence-electron chi connectivity index (χ4n) is 3.40. The molecule has 0 saturated carbocycles. The van der Waals surface area contributed by atoms with Gasteiger partial charge in [-0.25, -0.2) is 9.78 Å².